The topological polar surface area (TPSA) is 0 Å². The lowest BCUT2D eigenvalue weighted by Gasteiger charge is -2.06. The minimum atomic E-state index is 0.866. The van der Waals surface area contributed by atoms with E-state index in [9.17, 15) is 0 Å². The van der Waals surface area contributed by atoms with Gasteiger partial charge >= 0.3 is 0 Å². The van der Waals surface area contributed by atoms with Crippen molar-refractivity contribution < 1.29 is 0 Å². The van der Waals surface area contributed by atoms with Gasteiger partial charge in [-0.2, -0.15) is 0 Å². The Kier molecular flexibility index (Phi) is 26.0. The molecule has 28 heavy (non-hydrogen) atoms. The van der Waals surface area contributed by atoms with Gasteiger partial charge in [0.05, 0.1) is 0 Å². The maximum absolute atomic E-state index is 3.58. The summed E-state index contributed by atoms with van der Waals surface area (Å²) in [4.78, 5) is 0. The Morgan fingerprint density at radius 1 is 0.429 bits per heavy atom. The molecule has 0 aromatic heterocycles. The first-order valence-electron chi connectivity index (χ1n) is 13.4. The Morgan fingerprint density at radius 3 is 0.929 bits per heavy atom. The molecule has 0 radical (unpaired) electrons. The van der Waals surface area contributed by atoms with Crippen LogP contribution < -0.4 is 0 Å². The fourth-order valence-electron chi connectivity index (χ4n) is 4.18. The van der Waals surface area contributed by atoms with Crippen LogP contribution in [-0.2, 0) is 0 Å². The van der Waals surface area contributed by atoms with E-state index < -0.39 is 0 Å². The minimum absolute atomic E-state index is 0.866. The smallest absolute Gasteiger partial charge is 0.00570 e. The number of unbranched alkanes of at least 4 members (excludes halogenated alkanes) is 21. The van der Waals surface area contributed by atoms with Gasteiger partial charge in [0.2, 0.25) is 0 Å². The standard InChI is InChI=1S/C27H55Br/c1-3-4-5-6-7-8-9-10-11-12-13-14-15-16-17-18-19-20-21-22-23-24-25-27(2)26-28/h27H,3-26H2,1-2H3/t27-/m0/s1. The number of halogens is 1. The van der Waals surface area contributed by atoms with Crippen LogP contribution >= 0.6 is 15.9 Å². The monoisotopic (exact) mass is 458 g/mol. The average molecular weight is 460 g/mol. The Bertz CT molecular complexity index is 263. The molecule has 0 N–H and O–H groups in total. The fraction of sp³-hybridized carbons (Fsp3) is 1.00. The van der Waals surface area contributed by atoms with Crippen LogP contribution in [0.1, 0.15) is 162 Å². The van der Waals surface area contributed by atoms with Crippen LogP contribution in [0.15, 0.2) is 0 Å². The zero-order valence-electron chi connectivity index (χ0n) is 19.9. The molecule has 0 fully saturated rings. The number of rotatable bonds is 24. The van der Waals surface area contributed by atoms with Gasteiger partial charge in [0.25, 0.3) is 0 Å². The molecule has 0 aliphatic carbocycles. The third kappa shape index (κ3) is 24.5. The molecule has 0 aliphatic rings. The van der Waals surface area contributed by atoms with Gasteiger partial charge in [-0.05, 0) is 12.3 Å². The molecule has 0 saturated carbocycles. The van der Waals surface area contributed by atoms with Gasteiger partial charge in [-0.3, -0.25) is 0 Å². The molecule has 0 aromatic carbocycles. The molecule has 0 saturated heterocycles. The summed E-state index contributed by atoms with van der Waals surface area (Å²) in [6.07, 6.45) is 33.8. The molecule has 0 unspecified atom stereocenters. The van der Waals surface area contributed by atoms with Gasteiger partial charge < -0.3 is 0 Å². The molecule has 0 aliphatic heterocycles. The van der Waals surface area contributed by atoms with Crippen LogP contribution in [0.2, 0.25) is 0 Å². The average Bonchev–Trinajstić information content (AvgIpc) is 2.71. The van der Waals surface area contributed by atoms with E-state index in [1.807, 2.05) is 0 Å². The van der Waals surface area contributed by atoms with Crippen molar-refractivity contribution in [3.05, 3.63) is 0 Å². The maximum Gasteiger partial charge on any atom is 0.00570 e. The molecule has 0 spiro atoms. The zero-order chi connectivity index (χ0) is 20.5. The predicted molar refractivity (Wildman–Crippen MR) is 135 cm³/mol. The second-order valence-corrected chi connectivity index (χ2v) is 10.1. The van der Waals surface area contributed by atoms with E-state index in [0.29, 0.717) is 0 Å². The Labute approximate surface area is 188 Å². The highest BCUT2D eigenvalue weighted by atomic mass is 79.9. The molecule has 0 rings (SSSR count). The van der Waals surface area contributed by atoms with Crippen molar-refractivity contribution in [2.45, 2.75) is 162 Å². The number of hydrogen-bond acceptors (Lipinski definition) is 0. The minimum Gasteiger partial charge on any atom is -0.0925 e. The lowest BCUT2D eigenvalue weighted by atomic mass is 10.0. The molecule has 0 amide bonds. The lowest BCUT2D eigenvalue weighted by Crippen LogP contribution is -1.94. The summed E-state index contributed by atoms with van der Waals surface area (Å²) in [5, 5.41) is 1.17. The summed E-state index contributed by atoms with van der Waals surface area (Å²) in [5.74, 6) is 0.866. The molecule has 0 nitrogen and oxygen atoms in total. The SMILES string of the molecule is CCCCCCCCCCCCCCCCCCCCCCCC[C@H](C)CBr. The van der Waals surface area contributed by atoms with Gasteiger partial charge in [0.1, 0.15) is 0 Å². The molecule has 0 heterocycles. The van der Waals surface area contributed by atoms with Crippen molar-refractivity contribution in [3.63, 3.8) is 0 Å². The highest BCUT2D eigenvalue weighted by Crippen LogP contribution is 2.16. The third-order valence-electron chi connectivity index (χ3n) is 6.31. The predicted octanol–water partition coefficient (Wildman–Crippen LogP) is 11.0. The second-order valence-electron chi connectivity index (χ2n) is 9.47. The van der Waals surface area contributed by atoms with Crippen LogP contribution in [0.5, 0.6) is 0 Å². The highest BCUT2D eigenvalue weighted by molar-refractivity contribution is 9.09. The molecule has 0 aromatic rings. The summed E-state index contributed by atoms with van der Waals surface area (Å²) >= 11 is 3.58. The van der Waals surface area contributed by atoms with E-state index in [-0.39, 0.29) is 0 Å². The zero-order valence-corrected chi connectivity index (χ0v) is 21.5. The molecular weight excluding hydrogens is 404 g/mol. The van der Waals surface area contributed by atoms with E-state index in [0.717, 1.165) is 5.92 Å². The normalized spacial score (nSPS) is 12.5. The first-order valence-corrected chi connectivity index (χ1v) is 14.5. The Balaban J connectivity index is 3.00. The van der Waals surface area contributed by atoms with Crippen LogP contribution in [0.25, 0.3) is 0 Å². The Morgan fingerprint density at radius 2 is 0.679 bits per heavy atom. The van der Waals surface area contributed by atoms with Crippen molar-refractivity contribution in [2.24, 2.45) is 5.92 Å². The lowest BCUT2D eigenvalue weighted by molar-refractivity contribution is 0.504. The molecule has 170 valence electrons. The largest absolute Gasteiger partial charge is 0.0925 e. The summed E-state index contributed by atoms with van der Waals surface area (Å²) in [7, 11) is 0. The first-order chi connectivity index (χ1) is 13.8. The van der Waals surface area contributed by atoms with E-state index in [1.54, 1.807) is 0 Å². The van der Waals surface area contributed by atoms with Crippen LogP contribution in [0.4, 0.5) is 0 Å². The second kappa shape index (κ2) is 25.5. The van der Waals surface area contributed by atoms with E-state index in [2.05, 4.69) is 29.8 Å². The van der Waals surface area contributed by atoms with Gasteiger partial charge in [0, 0.05) is 5.33 Å². The van der Waals surface area contributed by atoms with Gasteiger partial charge in [0.15, 0.2) is 0 Å². The maximum atomic E-state index is 3.58. The van der Waals surface area contributed by atoms with Crippen molar-refractivity contribution >= 4 is 15.9 Å². The van der Waals surface area contributed by atoms with Crippen LogP contribution in [0, 0.1) is 5.92 Å². The van der Waals surface area contributed by atoms with Crippen molar-refractivity contribution in [1.82, 2.24) is 0 Å². The quantitative estimate of drug-likeness (QED) is 0.0994. The molecule has 0 bridgehead atoms. The van der Waals surface area contributed by atoms with Crippen molar-refractivity contribution in [1.29, 1.82) is 0 Å². The summed E-state index contributed by atoms with van der Waals surface area (Å²) < 4.78 is 0. The van der Waals surface area contributed by atoms with Crippen LogP contribution in [0.3, 0.4) is 0 Å². The van der Waals surface area contributed by atoms with E-state index >= 15 is 0 Å². The highest BCUT2D eigenvalue weighted by Gasteiger charge is 1.99. The third-order valence-corrected chi connectivity index (χ3v) is 7.42. The number of alkyl halides is 1. The Hall–Kier alpha value is 0.480. The van der Waals surface area contributed by atoms with Gasteiger partial charge in [-0.25, -0.2) is 0 Å². The summed E-state index contributed by atoms with van der Waals surface area (Å²) in [6, 6.07) is 0. The summed E-state index contributed by atoms with van der Waals surface area (Å²) in [5.41, 5.74) is 0. The van der Waals surface area contributed by atoms with Crippen LogP contribution in [-0.4, -0.2) is 5.33 Å². The van der Waals surface area contributed by atoms with Gasteiger partial charge in [-0.15, -0.1) is 0 Å². The fourth-order valence-corrected chi connectivity index (χ4v) is 4.50. The van der Waals surface area contributed by atoms with Gasteiger partial charge in [-0.1, -0.05) is 171 Å². The molecule has 1 heteroatoms. The van der Waals surface area contributed by atoms with Crippen molar-refractivity contribution in [2.75, 3.05) is 5.33 Å². The molecule has 1 atom stereocenters. The molecular formula is C27H55Br. The number of hydrogen-bond donors (Lipinski definition) is 0. The first kappa shape index (κ1) is 28.5. The van der Waals surface area contributed by atoms with E-state index in [1.165, 1.54) is 153 Å². The van der Waals surface area contributed by atoms with E-state index in [4.69, 9.17) is 0 Å². The summed E-state index contributed by atoms with van der Waals surface area (Å²) in [6.45, 7) is 4.66. The van der Waals surface area contributed by atoms with Crippen molar-refractivity contribution in [3.8, 4) is 0 Å².